The van der Waals surface area contributed by atoms with E-state index in [-0.39, 0.29) is 11.3 Å². The number of carbonyl (C=O) groups is 2. The van der Waals surface area contributed by atoms with E-state index in [1.807, 2.05) is 26.8 Å². The van der Waals surface area contributed by atoms with E-state index in [2.05, 4.69) is 0 Å². The summed E-state index contributed by atoms with van der Waals surface area (Å²) in [5.41, 5.74) is 3.57. The number of para-hydroxylation sites is 1. The predicted octanol–water partition coefficient (Wildman–Crippen LogP) is 4.04. The molecule has 6 nitrogen and oxygen atoms in total. The molecule has 1 aliphatic heterocycles. The van der Waals surface area contributed by atoms with Gasteiger partial charge in [0.05, 0.1) is 17.0 Å². The molecule has 0 aromatic heterocycles. The molecular weight excluding hydrogens is 412 g/mol. The molecule has 2 atom stereocenters. The maximum atomic E-state index is 14.0. The standard InChI is InChI=1S/C24H30N2O4S/c1-7-17(4)26(31(29,30)23-18(5)15(2)13-16(3)19(23)6)21-14-22(27)25(24(21)28)20-11-9-8-10-12-20/h8-13,17,21H,7,14H2,1-6H3. The van der Waals surface area contributed by atoms with Gasteiger partial charge in [-0.05, 0) is 75.4 Å². The Kier molecular flexibility index (Phi) is 6.39. The van der Waals surface area contributed by atoms with Crippen LogP contribution in [0.3, 0.4) is 0 Å². The fourth-order valence-electron chi connectivity index (χ4n) is 4.23. The number of benzene rings is 2. The zero-order valence-corrected chi connectivity index (χ0v) is 19.8. The van der Waals surface area contributed by atoms with Crippen LogP contribution >= 0.6 is 0 Å². The summed E-state index contributed by atoms with van der Waals surface area (Å²) in [6.07, 6.45) is 0.353. The maximum Gasteiger partial charge on any atom is 0.252 e. The minimum atomic E-state index is -4.03. The molecule has 1 fully saturated rings. The monoisotopic (exact) mass is 442 g/mol. The number of amides is 2. The van der Waals surface area contributed by atoms with Crippen LogP contribution in [0.25, 0.3) is 0 Å². The van der Waals surface area contributed by atoms with Gasteiger partial charge in [-0.2, -0.15) is 4.31 Å². The van der Waals surface area contributed by atoms with Gasteiger partial charge in [0.25, 0.3) is 5.91 Å². The molecule has 1 heterocycles. The lowest BCUT2D eigenvalue weighted by atomic mass is 10.0. The Morgan fingerprint density at radius 3 is 2.10 bits per heavy atom. The Bertz CT molecular complexity index is 1100. The van der Waals surface area contributed by atoms with E-state index < -0.39 is 33.9 Å². The fraction of sp³-hybridized carbons (Fsp3) is 0.417. The van der Waals surface area contributed by atoms with E-state index in [1.54, 1.807) is 51.1 Å². The first-order valence-corrected chi connectivity index (χ1v) is 12.0. The number of hydrogen-bond acceptors (Lipinski definition) is 4. The smallest absolute Gasteiger partial charge is 0.252 e. The maximum absolute atomic E-state index is 14.0. The first-order valence-electron chi connectivity index (χ1n) is 10.5. The lowest BCUT2D eigenvalue weighted by Crippen LogP contribution is -2.49. The molecule has 31 heavy (non-hydrogen) atoms. The largest absolute Gasteiger partial charge is 0.274 e. The van der Waals surface area contributed by atoms with Crippen molar-refractivity contribution >= 4 is 27.5 Å². The summed E-state index contributed by atoms with van der Waals surface area (Å²) in [6, 6.07) is 9.11. The average molecular weight is 443 g/mol. The molecule has 2 aromatic rings. The van der Waals surface area contributed by atoms with Crippen molar-refractivity contribution in [3.05, 3.63) is 58.7 Å². The summed E-state index contributed by atoms with van der Waals surface area (Å²) >= 11 is 0. The lowest BCUT2D eigenvalue weighted by molar-refractivity contribution is -0.122. The van der Waals surface area contributed by atoms with E-state index in [0.29, 0.717) is 23.2 Å². The molecule has 1 aliphatic rings. The van der Waals surface area contributed by atoms with Crippen LogP contribution in [0.4, 0.5) is 5.69 Å². The first kappa shape index (κ1) is 23.2. The minimum absolute atomic E-state index is 0.166. The second kappa shape index (κ2) is 8.55. The number of imide groups is 1. The van der Waals surface area contributed by atoms with Gasteiger partial charge >= 0.3 is 0 Å². The van der Waals surface area contributed by atoms with Crippen LogP contribution in [0.15, 0.2) is 41.3 Å². The third-order valence-corrected chi connectivity index (χ3v) is 8.60. The molecule has 2 amide bonds. The van der Waals surface area contributed by atoms with Gasteiger partial charge in [0.15, 0.2) is 0 Å². The van der Waals surface area contributed by atoms with E-state index in [0.717, 1.165) is 16.0 Å². The molecule has 0 aliphatic carbocycles. The summed E-state index contributed by atoms with van der Waals surface area (Å²) < 4.78 is 29.3. The molecule has 0 N–H and O–H groups in total. The summed E-state index contributed by atoms with van der Waals surface area (Å²) in [4.78, 5) is 27.5. The van der Waals surface area contributed by atoms with Crippen LogP contribution in [0.1, 0.15) is 48.9 Å². The van der Waals surface area contributed by atoms with Crippen LogP contribution in [-0.2, 0) is 19.6 Å². The van der Waals surface area contributed by atoms with Crippen molar-refractivity contribution in [2.45, 2.75) is 71.4 Å². The van der Waals surface area contributed by atoms with Gasteiger partial charge in [-0.3, -0.25) is 9.59 Å². The highest BCUT2D eigenvalue weighted by molar-refractivity contribution is 7.89. The Labute approximate surface area is 184 Å². The SMILES string of the molecule is CCC(C)N(C1CC(=O)N(c2ccccc2)C1=O)S(=O)(=O)c1c(C)c(C)cc(C)c1C. The highest BCUT2D eigenvalue weighted by atomic mass is 32.2. The topological polar surface area (TPSA) is 74.8 Å². The molecule has 0 spiro atoms. The number of hydrogen-bond donors (Lipinski definition) is 0. The van der Waals surface area contributed by atoms with Crippen LogP contribution < -0.4 is 4.90 Å². The molecule has 0 bridgehead atoms. The zero-order chi connectivity index (χ0) is 23.1. The quantitative estimate of drug-likeness (QED) is 0.633. The Morgan fingerprint density at radius 2 is 1.58 bits per heavy atom. The van der Waals surface area contributed by atoms with Crippen LogP contribution in [0.5, 0.6) is 0 Å². The third-order valence-electron chi connectivity index (χ3n) is 6.30. The molecule has 0 saturated carbocycles. The highest BCUT2D eigenvalue weighted by Crippen LogP contribution is 2.35. The number of sulfonamides is 1. The normalized spacial score (nSPS) is 18.2. The van der Waals surface area contributed by atoms with E-state index in [9.17, 15) is 18.0 Å². The molecule has 2 unspecified atom stereocenters. The van der Waals surface area contributed by atoms with Gasteiger partial charge in [0.1, 0.15) is 6.04 Å². The molecule has 3 rings (SSSR count). The van der Waals surface area contributed by atoms with E-state index in [4.69, 9.17) is 0 Å². The summed E-state index contributed by atoms with van der Waals surface area (Å²) in [5, 5.41) is 0. The number of nitrogens with zero attached hydrogens (tertiary/aromatic N) is 2. The van der Waals surface area contributed by atoms with Crippen LogP contribution in [0.2, 0.25) is 0 Å². The average Bonchev–Trinajstić information content (AvgIpc) is 3.00. The van der Waals surface area contributed by atoms with Crippen molar-refractivity contribution < 1.29 is 18.0 Å². The molecule has 1 saturated heterocycles. The van der Waals surface area contributed by atoms with Crippen molar-refractivity contribution in [3.63, 3.8) is 0 Å². The Hall–Kier alpha value is -2.51. The Balaban J connectivity index is 2.15. The van der Waals surface area contributed by atoms with Crippen molar-refractivity contribution in [1.29, 1.82) is 0 Å². The number of anilines is 1. The fourth-order valence-corrected chi connectivity index (χ4v) is 6.66. The summed E-state index contributed by atoms with van der Waals surface area (Å²) in [7, 11) is -4.03. The second-order valence-electron chi connectivity index (χ2n) is 8.30. The number of carbonyl (C=O) groups excluding carboxylic acids is 2. The predicted molar refractivity (Wildman–Crippen MR) is 122 cm³/mol. The molecule has 0 radical (unpaired) electrons. The van der Waals surface area contributed by atoms with Gasteiger partial charge in [0.2, 0.25) is 15.9 Å². The molecule has 2 aromatic carbocycles. The highest BCUT2D eigenvalue weighted by Gasteiger charge is 2.48. The second-order valence-corrected chi connectivity index (χ2v) is 10.1. The van der Waals surface area contributed by atoms with E-state index in [1.165, 1.54) is 4.31 Å². The number of rotatable bonds is 6. The van der Waals surface area contributed by atoms with Crippen molar-refractivity contribution in [1.82, 2.24) is 4.31 Å². The van der Waals surface area contributed by atoms with Crippen molar-refractivity contribution in [3.8, 4) is 0 Å². The summed E-state index contributed by atoms with van der Waals surface area (Å²) in [6.45, 7) is 11.0. The minimum Gasteiger partial charge on any atom is -0.274 e. The van der Waals surface area contributed by atoms with Crippen LogP contribution in [0, 0.1) is 27.7 Å². The Morgan fingerprint density at radius 1 is 1.03 bits per heavy atom. The molecular formula is C24H30N2O4S. The van der Waals surface area contributed by atoms with Crippen molar-refractivity contribution in [2.24, 2.45) is 0 Å². The summed E-state index contributed by atoms with van der Waals surface area (Å²) in [5.74, 6) is -0.890. The van der Waals surface area contributed by atoms with Gasteiger partial charge in [-0.15, -0.1) is 0 Å². The lowest BCUT2D eigenvalue weighted by Gasteiger charge is -2.33. The van der Waals surface area contributed by atoms with Crippen molar-refractivity contribution in [2.75, 3.05) is 4.90 Å². The van der Waals surface area contributed by atoms with Gasteiger partial charge in [-0.25, -0.2) is 13.3 Å². The molecule has 166 valence electrons. The number of aryl methyl sites for hydroxylation is 2. The third kappa shape index (κ3) is 3.92. The van der Waals surface area contributed by atoms with E-state index >= 15 is 0 Å². The zero-order valence-electron chi connectivity index (χ0n) is 19.0. The molecule has 7 heteroatoms. The van der Waals surface area contributed by atoms with Gasteiger partial charge in [-0.1, -0.05) is 31.2 Å². The van der Waals surface area contributed by atoms with Crippen LogP contribution in [-0.4, -0.2) is 36.6 Å². The van der Waals surface area contributed by atoms with Gasteiger partial charge < -0.3 is 0 Å². The first-order chi connectivity index (χ1) is 14.5. The van der Waals surface area contributed by atoms with Gasteiger partial charge in [0, 0.05) is 6.04 Å².